The Morgan fingerprint density at radius 2 is 2.36 bits per heavy atom. The van der Waals surface area contributed by atoms with E-state index in [9.17, 15) is 4.79 Å². The first-order valence-electron chi connectivity index (χ1n) is 3.97. The summed E-state index contributed by atoms with van der Waals surface area (Å²) in [5.41, 5.74) is 1.26. The molecule has 0 atom stereocenters. The largest absolute Gasteiger partial charge is 0.478 e. The Hall–Kier alpha value is -1.55. The molecule has 5 heteroatoms. The third-order valence-corrected chi connectivity index (χ3v) is 2.35. The molecule has 0 aliphatic rings. The Balaban J connectivity index is 2.80. The molecule has 0 saturated heterocycles. The fourth-order valence-electron chi connectivity index (χ4n) is 1.32. The molecule has 0 aliphatic carbocycles. The van der Waals surface area contributed by atoms with E-state index >= 15 is 0 Å². The van der Waals surface area contributed by atoms with Gasteiger partial charge in [-0.1, -0.05) is 11.6 Å². The van der Waals surface area contributed by atoms with Gasteiger partial charge >= 0.3 is 5.97 Å². The number of aromatic carboxylic acids is 1. The molecule has 0 spiro atoms. The van der Waals surface area contributed by atoms with Gasteiger partial charge in [-0.3, -0.25) is 0 Å². The number of nitrogens with one attached hydrogen (secondary N) is 1. The first-order chi connectivity index (χ1) is 6.59. The molecule has 72 valence electrons. The summed E-state index contributed by atoms with van der Waals surface area (Å²) in [6.45, 7) is 1.65. The molecule has 4 nitrogen and oxygen atoms in total. The van der Waals surface area contributed by atoms with Crippen molar-refractivity contribution in [1.82, 2.24) is 9.97 Å². The lowest BCUT2D eigenvalue weighted by Crippen LogP contribution is -2.01. The van der Waals surface area contributed by atoms with Crippen molar-refractivity contribution >= 4 is 28.6 Å². The number of H-pyrrole nitrogens is 1. The minimum atomic E-state index is -0.992. The van der Waals surface area contributed by atoms with Crippen LogP contribution in [0, 0.1) is 6.92 Å². The number of rotatable bonds is 1. The summed E-state index contributed by atoms with van der Waals surface area (Å²) in [6.07, 6.45) is 1.59. The lowest BCUT2D eigenvalue weighted by atomic mass is 10.2. The zero-order chi connectivity index (χ0) is 10.3. The molecule has 0 bridgehead atoms. The van der Waals surface area contributed by atoms with Crippen LogP contribution in [-0.4, -0.2) is 21.0 Å². The molecule has 2 rings (SSSR count). The molecule has 0 unspecified atom stereocenters. The van der Waals surface area contributed by atoms with Crippen LogP contribution in [0.4, 0.5) is 0 Å². The summed E-state index contributed by atoms with van der Waals surface area (Å²) in [4.78, 5) is 17.8. The highest BCUT2D eigenvalue weighted by Crippen LogP contribution is 2.23. The van der Waals surface area contributed by atoms with E-state index in [1.807, 2.05) is 0 Å². The van der Waals surface area contributed by atoms with Crippen LogP contribution in [0.3, 0.4) is 0 Å². The van der Waals surface area contributed by atoms with Crippen LogP contribution in [0.15, 0.2) is 12.3 Å². The highest BCUT2D eigenvalue weighted by molar-refractivity contribution is 6.35. The van der Waals surface area contributed by atoms with Crippen molar-refractivity contribution in [3.05, 3.63) is 28.5 Å². The number of pyridine rings is 1. The second-order valence-electron chi connectivity index (χ2n) is 2.96. The number of carbonyl (C=O) groups is 1. The molecule has 0 fully saturated rings. The monoisotopic (exact) mass is 210 g/mol. The molecule has 0 amide bonds. The number of fused-ring (bicyclic) bond motifs is 1. The maximum atomic E-state index is 10.8. The van der Waals surface area contributed by atoms with Gasteiger partial charge in [0, 0.05) is 11.6 Å². The average molecular weight is 211 g/mol. The van der Waals surface area contributed by atoms with Gasteiger partial charge in [0.15, 0.2) is 0 Å². The summed E-state index contributed by atoms with van der Waals surface area (Å²) < 4.78 is 0. The summed E-state index contributed by atoms with van der Waals surface area (Å²) >= 11 is 5.84. The van der Waals surface area contributed by atoms with Crippen molar-refractivity contribution in [3.8, 4) is 0 Å². The Kier molecular flexibility index (Phi) is 1.93. The molecule has 0 aromatic carbocycles. The van der Waals surface area contributed by atoms with Crippen molar-refractivity contribution in [3.63, 3.8) is 0 Å². The minimum Gasteiger partial charge on any atom is -0.478 e. The number of hydrogen-bond acceptors (Lipinski definition) is 2. The summed E-state index contributed by atoms with van der Waals surface area (Å²) in [6, 6.07) is 1.53. The third-order valence-electron chi connectivity index (χ3n) is 2.04. The number of aromatic amines is 1. The summed E-state index contributed by atoms with van der Waals surface area (Å²) in [5, 5.41) is 9.98. The number of carboxylic acid groups (broad SMARTS) is 1. The van der Waals surface area contributed by atoms with Crippen molar-refractivity contribution in [2.45, 2.75) is 6.92 Å². The Labute approximate surface area is 84.5 Å². The van der Waals surface area contributed by atoms with Crippen LogP contribution in [0.25, 0.3) is 11.0 Å². The standard InChI is InChI=1S/C9H7ClN2O2/c1-4-5(9(13)14)2-6-7(10)3-11-8(6)12-4/h2-3H,1H3,(H,11,12)(H,13,14). The Morgan fingerprint density at radius 3 is 3.00 bits per heavy atom. The van der Waals surface area contributed by atoms with Crippen molar-refractivity contribution < 1.29 is 9.90 Å². The molecule has 2 heterocycles. The zero-order valence-corrected chi connectivity index (χ0v) is 8.09. The molecule has 2 N–H and O–H groups in total. The Bertz CT molecular complexity index is 519. The molecular formula is C9H7ClN2O2. The van der Waals surface area contributed by atoms with E-state index in [0.717, 1.165) is 0 Å². The lowest BCUT2D eigenvalue weighted by Gasteiger charge is -1.99. The summed E-state index contributed by atoms with van der Waals surface area (Å²) in [5.74, 6) is -0.992. The van der Waals surface area contributed by atoms with Crippen LogP contribution in [-0.2, 0) is 0 Å². The minimum absolute atomic E-state index is 0.180. The second kappa shape index (κ2) is 2.99. The van der Waals surface area contributed by atoms with Crippen LogP contribution in [0.1, 0.15) is 16.1 Å². The predicted octanol–water partition coefficient (Wildman–Crippen LogP) is 2.22. The third kappa shape index (κ3) is 1.24. The highest BCUT2D eigenvalue weighted by Gasteiger charge is 2.12. The molecule has 2 aromatic heterocycles. The van der Waals surface area contributed by atoms with E-state index in [1.165, 1.54) is 6.07 Å². The van der Waals surface area contributed by atoms with E-state index < -0.39 is 5.97 Å². The molecule has 0 radical (unpaired) electrons. The number of halogens is 1. The second-order valence-corrected chi connectivity index (χ2v) is 3.37. The van der Waals surface area contributed by atoms with Crippen molar-refractivity contribution in [1.29, 1.82) is 0 Å². The number of hydrogen-bond donors (Lipinski definition) is 2. The van der Waals surface area contributed by atoms with Gasteiger partial charge in [0.1, 0.15) is 5.65 Å². The fraction of sp³-hybridized carbons (Fsp3) is 0.111. The number of carboxylic acids is 1. The molecule has 2 aromatic rings. The molecule has 0 aliphatic heterocycles. The molecule has 14 heavy (non-hydrogen) atoms. The van der Waals surface area contributed by atoms with Crippen LogP contribution < -0.4 is 0 Å². The van der Waals surface area contributed by atoms with Crippen LogP contribution in [0.5, 0.6) is 0 Å². The first kappa shape index (κ1) is 9.02. The van der Waals surface area contributed by atoms with Crippen LogP contribution in [0.2, 0.25) is 5.02 Å². The van der Waals surface area contributed by atoms with Gasteiger partial charge in [-0.05, 0) is 13.0 Å². The first-order valence-corrected chi connectivity index (χ1v) is 4.35. The van der Waals surface area contributed by atoms with E-state index in [0.29, 0.717) is 21.7 Å². The van der Waals surface area contributed by atoms with E-state index in [-0.39, 0.29) is 5.56 Å². The number of nitrogens with zero attached hydrogens (tertiary/aromatic N) is 1. The van der Waals surface area contributed by atoms with E-state index in [2.05, 4.69) is 9.97 Å². The normalized spacial score (nSPS) is 10.7. The van der Waals surface area contributed by atoms with Gasteiger partial charge in [0.2, 0.25) is 0 Å². The summed E-state index contributed by atoms with van der Waals surface area (Å²) in [7, 11) is 0. The van der Waals surface area contributed by atoms with Gasteiger partial charge in [-0.15, -0.1) is 0 Å². The smallest absolute Gasteiger partial charge is 0.337 e. The highest BCUT2D eigenvalue weighted by atomic mass is 35.5. The van der Waals surface area contributed by atoms with Gasteiger partial charge in [-0.2, -0.15) is 0 Å². The van der Waals surface area contributed by atoms with E-state index in [1.54, 1.807) is 13.1 Å². The van der Waals surface area contributed by atoms with Gasteiger partial charge < -0.3 is 10.1 Å². The SMILES string of the molecule is Cc1nc2[nH]cc(Cl)c2cc1C(=O)O. The predicted molar refractivity (Wildman–Crippen MR) is 52.8 cm³/mol. The average Bonchev–Trinajstić information content (AvgIpc) is 2.46. The van der Waals surface area contributed by atoms with Crippen molar-refractivity contribution in [2.24, 2.45) is 0 Å². The molecule has 0 saturated carbocycles. The zero-order valence-electron chi connectivity index (χ0n) is 7.34. The van der Waals surface area contributed by atoms with Gasteiger partial charge in [-0.25, -0.2) is 9.78 Å². The van der Waals surface area contributed by atoms with Gasteiger partial charge in [0.05, 0.1) is 16.3 Å². The van der Waals surface area contributed by atoms with Crippen molar-refractivity contribution in [2.75, 3.05) is 0 Å². The quantitative estimate of drug-likeness (QED) is 0.759. The topological polar surface area (TPSA) is 66.0 Å². The maximum Gasteiger partial charge on any atom is 0.337 e. The Morgan fingerprint density at radius 1 is 1.64 bits per heavy atom. The van der Waals surface area contributed by atoms with Crippen LogP contribution >= 0.6 is 11.6 Å². The maximum absolute atomic E-state index is 10.8. The van der Waals surface area contributed by atoms with E-state index in [4.69, 9.17) is 16.7 Å². The lowest BCUT2D eigenvalue weighted by molar-refractivity contribution is 0.0696. The van der Waals surface area contributed by atoms with Gasteiger partial charge in [0.25, 0.3) is 0 Å². The number of aryl methyl sites for hydroxylation is 1. The fourth-order valence-corrected chi connectivity index (χ4v) is 1.52. The molecular weight excluding hydrogens is 204 g/mol. The number of aromatic nitrogens is 2.